The van der Waals surface area contributed by atoms with E-state index in [9.17, 15) is 52.3 Å². The van der Waals surface area contributed by atoms with Gasteiger partial charge in [0.15, 0.2) is 11.6 Å². The number of aromatic nitrogens is 10. The quantitative estimate of drug-likeness (QED) is 0.0529. The van der Waals surface area contributed by atoms with Crippen LogP contribution in [0.5, 0.6) is 5.88 Å². The molecule has 3 aliphatic carbocycles. The number of carbonyl (C=O) groups is 5. The Kier molecular flexibility index (Phi) is 33.4. The number of aromatic amines is 2. The molecule has 1 saturated heterocycles. The number of hydrogen-bond acceptors (Lipinski definition) is 21. The molecule has 4 aliphatic rings. The van der Waals surface area contributed by atoms with Gasteiger partial charge in [-0.2, -0.15) is 24.2 Å². The van der Waals surface area contributed by atoms with Gasteiger partial charge in [0.25, 0.3) is 17.7 Å². The third-order valence-corrected chi connectivity index (χ3v) is 29.5. The Morgan fingerprint density at radius 2 is 0.840 bits per heavy atom. The van der Waals surface area contributed by atoms with E-state index >= 15 is 0 Å². The Bertz CT molecular complexity index is 8070. The number of nitrogens with one attached hydrogen (secondary N) is 3. The lowest BCUT2D eigenvalue weighted by Crippen LogP contribution is -2.33. The van der Waals surface area contributed by atoms with E-state index in [0.29, 0.717) is 41.0 Å². The number of nitrogens with zero attached hydrogens (tertiary/aromatic N) is 14. The molecule has 738 valence electrons. The van der Waals surface area contributed by atoms with E-state index in [2.05, 4.69) is 172 Å². The Hall–Kier alpha value is -13.9. The highest BCUT2D eigenvalue weighted by molar-refractivity contribution is 14.1. The van der Waals surface area contributed by atoms with Crippen molar-refractivity contribution in [2.75, 3.05) is 61.9 Å². The van der Waals surface area contributed by atoms with Crippen molar-refractivity contribution in [1.82, 2.24) is 48.1 Å². The second kappa shape index (κ2) is 45.4. The minimum Gasteiger partial charge on any atom is -0.481 e. The third kappa shape index (κ3) is 23.0. The zero-order valence-corrected chi connectivity index (χ0v) is 89.8. The normalized spacial score (nSPS) is 17.8. The Morgan fingerprint density at radius 1 is 0.500 bits per heavy atom. The first-order chi connectivity index (χ1) is 68.8. The zero-order chi connectivity index (χ0) is 104. The second-order valence-electron chi connectivity index (χ2n) is 34.1. The number of fused-ring (bicyclic) bond motifs is 5. The van der Waals surface area contributed by atoms with Crippen LogP contribution in [0.3, 0.4) is 0 Å². The highest BCUT2D eigenvalue weighted by atomic mass is 127. The maximum absolute atomic E-state index is 13.6. The van der Waals surface area contributed by atoms with Crippen molar-refractivity contribution in [3.05, 3.63) is 348 Å². The highest BCUT2D eigenvalue weighted by Crippen LogP contribution is 2.58. The average molecular weight is 2400 g/mol. The summed E-state index contributed by atoms with van der Waals surface area (Å²) in [6, 6.07) is 84.5. The predicted octanol–water partition coefficient (Wildman–Crippen LogP) is 21.9. The van der Waals surface area contributed by atoms with Gasteiger partial charge in [-0.1, -0.05) is 184 Å². The van der Waals surface area contributed by atoms with Gasteiger partial charge in [-0.25, -0.2) is 32.5 Å². The number of pyridine rings is 1. The van der Waals surface area contributed by atoms with Crippen LogP contribution in [0.2, 0.25) is 0 Å². The molecule has 9 heterocycles. The number of hydrogen-bond donors (Lipinski definition) is 5. The number of nitriles is 3. The molecule has 21 rings (SSSR count). The molecule has 8 aromatic heterocycles. The van der Waals surface area contributed by atoms with Crippen molar-refractivity contribution < 1.29 is 64.8 Å². The summed E-state index contributed by atoms with van der Waals surface area (Å²) in [6.45, 7) is 10.1. The summed E-state index contributed by atoms with van der Waals surface area (Å²) in [5.74, 6) is -1.65. The number of carboxylic acid groups (broad SMARTS) is 2. The maximum Gasteiger partial charge on any atom is 0.438 e. The summed E-state index contributed by atoms with van der Waals surface area (Å²) in [6.07, 6.45) is 3.60. The van der Waals surface area contributed by atoms with Crippen LogP contribution in [0, 0.1) is 62.2 Å². The smallest absolute Gasteiger partial charge is 0.438 e. The summed E-state index contributed by atoms with van der Waals surface area (Å²) in [5, 5.41) is 61.6. The number of carboxylic acids is 2. The first-order valence-corrected chi connectivity index (χ1v) is 51.0. The summed E-state index contributed by atoms with van der Waals surface area (Å²) in [5.41, 5.74) is 8.83. The van der Waals surface area contributed by atoms with Gasteiger partial charge in [0.2, 0.25) is 5.88 Å². The van der Waals surface area contributed by atoms with Crippen molar-refractivity contribution in [1.29, 1.82) is 15.8 Å². The van der Waals surface area contributed by atoms with Crippen LogP contribution in [-0.2, 0) is 48.5 Å². The number of benzene rings is 9. The monoisotopic (exact) mass is 2390 g/mol. The second-order valence-corrected chi connectivity index (χ2v) is 41.1. The molecular weight excluding hydrogens is 2300 g/mol. The number of amides is 3. The summed E-state index contributed by atoms with van der Waals surface area (Å²) < 4.78 is 58.0. The number of rotatable bonds is 17. The number of carbonyl (C=O) groups excluding carboxylic acids is 3. The van der Waals surface area contributed by atoms with Crippen molar-refractivity contribution >= 4 is 220 Å². The minimum atomic E-state index is -3.60. The summed E-state index contributed by atoms with van der Waals surface area (Å²) >= 11 is 19.4. The van der Waals surface area contributed by atoms with Crippen LogP contribution in [0.1, 0.15) is 117 Å². The number of halogens is 6. The lowest BCUT2D eigenvalue weighted by Gasteiger charge is -2.23. The molecule has 0 radical (unpaired) electrons. The first-order valence-electron chi connectivity index (χ1n) is 44.6. The van der Waals surface area contributed by atoms with Crippen molar-refractivity contribution in [3.8, 4) is 24.1 Å². The van der Waals surface area contributed by atoms with E-state index in [1.807, 2.05) is 267 Å². The fourth-order valence-corrected chi connectivity index (χ4v) is 20.4. The van der Waals surface area contributed by atoms with Gasteiger partial charge in [0.1, 0.15) is 64.3 Å². The van der Waals surface area contributed by atoms with Crippen molar-refractivity contribution in [2.24, 2.45) is 17.8 Å². The summed E-state index contributed by atoms with van der Waals surface area (Å²) in [4.78, 5) is 99.8. The number of H-pyrrole nitrogens is 2. The fourth-order valence-electron chi connectivity index (χ4n) is 17.3. The molecule has 7 atom stereocenters. The Balaban J connectivity index is 0.000000135. The van der Waals surface area contributed by atoms with Crippen LogP contribution in [-0.4, -0.2) is 144 Å². The molecule has 1 aliphatic heterocycles. The molecule has 33 nitrogen and oxygen atoms in total. The molecule has 9 aromatic carbocycles. The molecule has 0 bridgehead atoms. The molecule has 5 N–H and O–H groups in total. The van der Waals surface area contributed by atoms with Gasteiger partial charge in [0.05, 0.1) is 37.4 Å². The molecule has 17 aromatic rings. The van der Waals surface area contributed by atoms with E-state index in [1.54, 1.807) is 83.4 Å². The van der Waals surface area contributed by atoms with Crippen LogP contribution in [0.4, 0.5) is 22.7 Å². The van der Waals surface area contributed by atoms with Crippen molar-refractivity contribution in [3.63, 3.8) is 0 Å². The lowest BCUT2D eigenvalue weighted by molar-refractivity contribution is 0.0673. The standard InChI is InChI=1S/C22H19BrN4O3.C21H18BrN3O.C18H14BrN3O.C15H12BrN3O4.C11H7BrN2O2.C7H8INO.C7H9N.C3H6O4S/c1-13-12-22(13,20-24-21(29)30-25-20)27-17-9-8-15(23)10-14(17)11-18(27)19(28)26(2)16-6-4-3-5-7-16;1-14-12-21(14,13-23)25-18-9-8-16(22)10-15(18)11-19(25)20(26)24(2)17-6-4-3-5-7-17;1-21(15-5-3-2-4-6-15)18(23)17-12-13-11-14(19)7-8-16(13)22(17)10-9-20;1-7-6-15(7,13-17-14(22)23-18-13)19-10-3-2-9(16)4-8(10)5-11(19)12(20)21;12-8-1-2-9-7(5-8)6-10(11(15)16)14(9)4-3-13;1-5-6(8)3-4-9-7(5)10-2;1-8-7-5-3-2-4-6-7;1-3-2-6-8(4,5)7-3/h3-11,13H,12H2,1-2H3,(H,24,25,29);3-11,14H,12H2,1-2H3;2-8,11-12H,10H2,1H3;2-5,7H,6H2,1H3,(H,20,21)(H,17,18,22);1-2,5-6H,4H2,(H,15,16);3-4H,1-2H3;2-6,8H,1H3;3H,2H2,1H3/t13-,22-;14-,21+;;7-,15-;;;;3-/m00.0...1/s1. The van der Waals surface area contributed by atoms with Crippen LogP contribution in [0.15, 0.2) is 296 Å². The van der Waals surface area contributed by atoms with Crippen LogP contribution < -0.4 is 36.3 Å². The number of anilines is 4. The van der Waals surface area contributed by atoms with E-state index in [4.69, 9.17) is 24.9 Å². The highest BCUT2D eigenvalue weighted by Gasteiger charge is 2.61. The van der Waals surface area contributed by atoms with Crippen molar-refractivity contribution in [2.45, 2.75) is 89.7 Å². The molecule has 0 unspecified atom stereocenters. The number of methoxy groups -OCH3 is 1. The van der Waals surface area contributed by atoms with Crippen LogP contribution in [0.25, 0.3) is 54.5 Å². The minimum absolute atomic E-state index is 0.0345. The Labute approximate surface area is 881 Å². The largest absolute Gasteiger partial charge is 0.481 e. The fraction of sp³-hybridized carbons (Fsp3) is 0.221. The van der Waals surface area contributed by atoms with Crippen LogP contribution >= 0.6 is 102 Å². The Morgan fingerprint density at radius 3 is 1.15 bits per heavy atom. The number of ether oxygens (including phenoxy) is 1. The number of aromatic carboxylic acids is 2. The van der Waals surface area contributed by atoms with Gasteiger partial charge in [0, 0.05) is 138 Å². The lowest BCUT2D eigenvalue weighted by atomic mass is 10.1. The molecule has 3 saturated carbocycles. The summed E-state index contributed by atoms with van der Waals surface area (Å²) in [7, 11) is 5.21. The topological polar surface area (TPSA) is 436 Å². The van der Waals surface area contributed by atoms with E-state index < -0.39 is 50.5 Å². The molecule has 3 amide bonds. The molecular formula is C104H93Br5IN17O16S. The van der Waals surface area contributed by atoms with Gasteiger partial charge < -0.3 is 57.8 Å². The average Bonchev–Trinajstić information content (AvgIpc) is 1.52. The maximum atomic E-state index is 13.6. The van der Waals surface area contributed by atoms with Gasteiger partial charge in [-0.05, 0) is 249 Å². The molecule has 0 spiro atoms. The van der Waals surface area contributed by atoms with Gasteiger partial charge in [-0.15, -0.1) is 0 Å². The molecule has 4 fully saturated rings. The van der Waals surface area contributed by atoms with Gasteiger partial charge >= 0.3 is 33.8 Å². The zero-order valence-electron chi connectivity index (χ0n) is 78.8. The SMILES string of the molecule is CN(C(=O)c1cc2cc(Br)ccc2n1CC#N)c1ccccc1.CNc1ccccc1.COc1nccc(I)c1C.C[C@@H]1COS(=O)(=O)O1.C[C@H]1C[C@]1(C#N)n1c(C(=O)N(C)c2ccccc2)cc2cc(Br)ccc21.C[C@H]1C[C@]1(c1noc(=O)[nH]1)n1c(C(=O)N(C)c2ccccc2)cc2cc(Br)ccc21.C[C@H]1C[C@]1(c1noc(=O)[nH]1)n1c(C(=O)O)cc2cc(Br)ccc21.N#CCn1c(C(=O)O)cc2cc(Br)ccc21. The van der Waals surface area contributed by atoms with E-state index in [-0.39, 0.29) is 72.7 Å². The predicted molar refractivity (Wildman–Crippen MR) is 574 cm³/mol. The number of para-hydroxylation sites is 4. The third-order valence-electron chi connectivity index (χ3n) is 24.9. The molecule has 144 heavy (non-hydrogen) atoms. The van der Waals surface area contributed by atoms with E-state index in [1.165, 1.54) is 8.14 Å². The van der Waals surface area contributed by atoms with Gasteiger partial charge in [-0.3, -0.25) is 33.4 Å². The first kappa shape index (κ1) is 106. The van der Waals surface area contributed by atoms with E-state index in [0.717, 1.165) is 118 Å². The molecule has 40 heteroatoms.